The van der Waals surface area contributed by atoms with Crippen molar-refractivity contribution in [2.24, 2.45) is 29.6 Å². The second kappa shape index (κ2) is 16.3. The molecule has 2 aromatic rings. The largest absolute Gasteiger partial charge is 0.493 e. The predicted molar refractivity (Wildman–Crippen MR) is 178 cm³/mol. The summed E-state index contributed by atoms with van der Waals surface area (Å²) in [5.74, 6) is -0.0569. The first kappa shape index (κ1) is 36.5. The Morgan fingerprint density at radius 3 is 2.29 bits per heavy atom. The third-order valence-corrected chi connectivity index (χ3v) is 9.94. The van der Waals surface area contributed by atoms with Gasteiger partial charge in [0, 0.05) is 6.61 Å². The van der Waals surface area contributed by atoms with Gasteiger partial charge >= 0.3 is 5.97 Å². The van der Waals surface area contributed by atoms with Crippen molar-refractivity contribution in [1.82, 2.24) is 0 Å². The van der Waals surface area contributed by atoms with Gasteiger partial charge in [-0.15, -0.1) is 0 Å². The van der Waals surface area contributed by atoms with Crippen LogP contribution in [0.15, 0.2) is 24.3 Å². The summed E-state index contributed by atoms with van der Waals surface area (Å²) in [6, 6.07) is 6.71. The van der Waals surface area contributed by atoms with Crippen LogP contribution in [0, 0.1) is 29.6 Å². The monoisotopic (exact) mass is 686 g/mol. The van der Waals surface area contributed by atoms with E-state index in [1.807, 2.05) is 6.92 Å². The maximum atomic E-state index is 14.9. The average molecular weight is 687 g/mol. The average Bonchev–Trinajstić information content (AvgIpc) is 3.71. The maximum Gasteiger partial charge on any atom is 0.315 e. The molecule has 1 aliphatic carbocycles. The minimum atomic E-state index is -1.18. The number of rotatable bonds is 16. The van der Waals surface area contributed by atoms with Crippen LogP contribution in [0.25, 0.3) is 0 Å². The van der Waals surface area contributed by atoms with Crippen molar-refractivity contribution >= 4 is 11.8 Å². The number of carbonyl (C=O) groups excluding carboxylic acids is 2. The second-order valence-corrected chi connectivity index (χ2v) is 13.0. The minimum absolute atomic E-state index is 0.00378. The summed E-state index contributed by atoms with van der Waals surface area (Å²) in [7, 11) is 5.98. The summed E-state index contributed by atoms with van der Waals surface area (Å²) in [6.07, 6.45) is 0.479. The topological polar surface area (TPSA) is 126 Å². The molecule has 2 heterocycles. The zero-order valence-electron chi connectivity index (χ0n) is 29.8. The Kier molecular flexibility index (Phi) is 12.2. The Hall–Kier alpha value is -3.74. The highest BCUT2D eigenvalue weighted by Gasteiger charge is 2.55. The standard InChI is InChI=1S/C37H50O12/c1-9-44-14-15-45-32(23-17-27(40-5)34(43-8)28(18-23)41-6)30-29(31(38)24-12-13-25-35(33(24)42-7)47-19-46-25)37(49-36(30)39)48-26-16-22(20(2)3)11-10-21(26)4/h12-13,17-18,20-22,26,29-30,32,37H,9-11,14-16,19H2,1-8H3/t21?,22?,26?,29?,30-,32+,37+/m0/s1. The molecule has 270 valence electrons. The molecule has 0 amide bonds. The van der Waals surface area contributed by atoms with Crippen molar-refractivity contribution in [3.8, 4) is 34.5 Å². The second-order valence-electron chi connectivity index (χ2n) is 13.0. The molecule has 49 heavy (non-hydrogen) atoms. The number of benzene rings is 2. The molecule has 5 rings (SSSR count). The number of methoxy groups -OCH3 is 4. The van der Waals surface area contributed by atoms with Crippen molar-refractivity contribution in [2.75, 3.05) is 55.1 Å². The van der Waals surface area contributed by atoms with Gasteiger partial charge in [0.25, 0.3) is 0 Å². The molecule has 0 aromatic heterocycles. The first-order chi connectivity index (χ1) is 23.7. The van der Waals surface area contributed by atoms with Crippen molar-refractivity contribution < 1.29 is 57.0 Å². The van der Waals surface area contributed by atoms with Crippen molar-refractivity contribution in [3.05, 3.63) is 35.4 Å². The molecular formula is C37H50O12. The fourth-order valence-electron chi connectivity index (χ4n) is 7.15. The quantitative estimate of drug-likeness (QED) is 0.116. The van der Waals surface area contributed by atoms with Gasteiger partial charge in [-0.1, -0.05) is 20.8 Å². The van der Waals surface area contributed by atoms with Crippen molar-refractivity contribution in [3.63, 3.8) is 0 Å². The highest BCUT2D eigenvalue weighted by molar-refractivity contribution is 6.04. The highest BCUT2D eigenvalue weighted by Crippen LogP contribution is 2.50. The molecule has 1 saturated carbocycles. The summed E-state index contributed by atoms with van der Waals surface area (Å²) in [6.45, 7) is 9.33. The molecule has 1 saturated heterocycles. The minimum Gasteiger partial charge on any atom is -0.493 e. The number of carbonyl (C=O) groups is 2. The molecule has 0 N–H and O–H groups in total. The van der Waals surface area contributed by atoms with Crippen LogP contribution < -0.4 is 28.4 Å². The lowest BCUT2D eigenvalue weighted by molar-refractivity contribution is -0.189. The summed E-state index contributed by atoms with van der Waals surface area (Å²) in [5.41, 5.74) is 0.735. The Balaban J connectivity index is 1.61. The molecule has 3 aliphatic rings. The predicted octanol–water partition coefficient (Wildman–Crippen LogP) is 6.02. The third kappa shape index (κ3) is 7.56. The lowest BCUT2D eigenvalue weighted by atomic mass is 9.75. The molecule has 7 atom stereocenters. The lowest BCUT2D eigenvalue weighted by Gasteiger charge is -2.38. The van der Waals surface area contributed by atoms with Gasteiger partial charge in [0.15, 0.2) is 28.8 Å². The first-order valence-corrected chi connectivity index (χ1v) is 17.0. The number of hydrogen-bond acceptors (Lipinski definition) is 12. The number of Topliss-reactive ketones (excluding diaryl/α,β-unsaturated/α-hetero) is 1. The van der Waals surface area contributed by atoms with E-state index < -0.39 is 36.0 Å². The number of hydrogen-bond donors (Lipinski definition) is 0. The number of cyclic esters (lactones) is 1. The van der Waals surface area contributed by atoms with E-state index in [2.05, 4.69) is 20.8 Å². The number of fused-ring (bicyclic) bond motifs is 1. The van der Waals surface area contributed by atoms with E-state index in [1.165, 1.54) is 28.4 Å². The Bertz CT molecular complexity index is 1430. The van der Waals surface area contributed by atoms with E-state index in [-0.39, 0.29) is 43.3 Å². The molecule has 2 aromatic carbocycles. The van der Waals surface area contributed by atoms with E-state index in [0.29, 0.717) is 52.8 Å². The van der Waals surface area contributed by atoms with E-state index in [0.717, 1.165) is 19.3 Å². The van der Waals surface area contributed by atoms with E-state index >= 15 is 0 Å². The van der Waals surface area contributed by atoms with Crippen LogP contribution in [-0.4, -0.2) is 79.2 Å². The number of esters is 1. The van der Waals surface area contributed by atoms with Crippen LogP contribution in [0.3, 0.4) is 0 Å². The zero-order valence-corrected chi connectivity index (χ0v) is 29.8. The van der Waals surface area contributed by atoms with Gasteiger partial charge in [-0.05, 0) is 73.8 Å². The summed E-state index contributed by atoms with van der Waals surface area (Å²) < 4.78 is 58.6. The molecular weight excluding hydrogens is 636 g/mol. The highest BCUT2D eigenvalue weighted by atomic mass is 16.7. The Morgan fingerprint density at radius 2 is 1.65 bits per heavy atom. The maximum absolute atomic E-state index is 14.9. The van der Waals surface area contributed by atoms with Crippen LogP contribution in [0.4, 0.5) is 0 Å². The van der Waals surface area contributed by atoms with Crippen molar-refractivity contribution in [1.29, 1.82) is 0 Å². The van der Waals surface area contributed by atoms with E-state index in [1.54, 1.807) is 24.3 Å². The number of ether oxygens (including phenoxy) is 10. The molecule has 12 heteroatoms. The Morgan fingerprint density at radius 1 is 0.939 bits per heavy atom. The smallest absolute Gasteiger partial charge is 0.315 e. The molecule has 4 unspecified atom stereocenters. The van der Waals surface area contributed by atoms with Crippen LogP contribution in [0.5, 0.6) is 34.5 Å². The molecule has 12 nitrogen and oxygen atoms in total. The van der Waals surface area contributed by atoms with Gasteiger partial charge in [-0.3, -0.25) is 9.59 Å². The molecule has 0 bridgehead atoms. The molecule has 2 aliphatic heterocycles. The zero-order chi connectivity index (χ0) is 35.2. The van der Waals surface area contributed by atoms with Gasteiger partial charge < -0.3 is 47.4 Å². The van der Waals surface area contributed by atoms with Gasteiger partial charge in [0.2, 0.25) is 24.6 Å². The fraction of sp³-hybridized carbons (Fsp3) is 0.622. The van der Waals surface area contributed by atoms with Gasteiger partial charge in [-0.2, -0.15) is 0 Å². The Labute approximate surface area is 288 Å². The van der Waals surface area contributed by atoms with Crippen LogP contribution in [0.2, 0.25) is 0 Å². The fourth-order valence-corrected chi connectivity index (χ4v) is 7.15. The third-order valence-electron chi connectivity index (χ3n) is 9.94. The SMILES string of the molecule is CCOCCO[C@H](c1cc(OC)c(OC)c(OC)c1)[C@H]1C(=O)O[C@@H](OC2CC(C(C)C)CCC2C)C1C(=O)c1ccc2c(c1OC)OCO2. The van der Waals surface area contributed by atoms with Gasteiger partial charge in [0.05, 0.1) is 59.4 Å². The summed E-state index contributed by atoms with van der Waals surface area (Å²) in [5, 5.41) is 0. The first-order valence-electron chi connectivity index (χ1n) is 17.0. The van der Waals surface area contributed by atoms with E-state index in [9.17, 15) is 9.59 Å². The van der Waals surface area contributed by atoms with Crippen LogP contribution >= 0.6 is 0 Å². The normalized spacial score (nSPS) is 25.2. The van der Waals surface area contributed by atoms with Crippen molar-refractivity contribution in [2.45, 2.75) is 65.5 Å². The van der Waals surface area contributed by atoms with E-state index in [4.69, 9.17) is 47.4 Å². The molecule has 2 fully saturated rings. The molecule has 0 radical (unpaired) electrons. The summed E-state index contributed by atoms with van der Waals surface area (Å²) >= 11 is 0. The lowest BCUT2D eigenvalue weighted by Crippen LogP contribution is -2.40. The number of ketones is 1. The van der Waals surface area contributed by atoms with Gasteiger partial charge in [-0.25, -0.2) is 0 Å². The summed E-state index contributed by atoms with van der Waals surface area (Å²) in [4.78, 5) is 29.1. The van der Waals surface area contributed by atoms with Gasteiger partial charge in [0.1, 0.15) is 11.8 Å². The van der Waals surface area contributed by atoms with Crippen LogP contribution in [0.1, 0.15) is 69.0 Å². The molecule has 0 spiro atoms. The van der Waals surface area contributed by atoms with Crippen LogP contribution in [-0.2, 0) is 23.7 Å².